The molecular weight excluding hydrogens is 488 g/mol. The summed E-state index contributed by atoms with van der Waals surface area (Å²) in [5.41, 5.74) is 4.01. The number of halogens is 1. The molecule has 1 saturated heterocycles. The number of para-hydroxylation sites is 1. The normalized spacial score (nSPS) is 15.1. The Morgan fingerprint density at radius 1 is 0.973 bits per heavy atom. The number of amides is 1. The molecule has 0 spiro atoms. The van der Waals surface area contributed by atoms with Crippen LogP contribution in [0.4, 0.5) is 0 Å². The van der Waals surface area contributed by atoms with Gasteiger partial charge in [0.25, 0.3) is 5.91 Å². The average Bonchev–Trinajstić information content (AvgIpc) is 3.38. The smallest absolute Gasteiger partial charge is 0.275 e. The highest BCUT2D eigenvalue weighted by Gasteiger charge is 2.32. The maximum absolute atomic E-state index is 14.1. The van der Waals surface area contributed by atoms with Gasteiger partial charge in [0.05, 0.1) is 25.6 Å². The van der Waals surface area contributed by atoms with E-state index in [9.17, 15) is 4.79 Å². The van der Waals surface area contributed by atoms with Crippen molar-refractivity contribution in [3.8, 4) is 28.4 Å². The Labute approximate surface area is 223 Å². The number of ether oxygens (including phenoxy) is 2. The summed E-state index contributed by atoms with van der Waals surface area (Å²) in [6.07, 6.45) is 2.48. The number of aromatic nitrogens is 2. The molecule has 1 amide bonds. The first kappa shape index (κ1) is 26.3. The maximum Gasteiger partial charge on any atom is 0.275 e. The molecule has 0 bridgehead atoms. The lowest BCUT2D eigenvalue weighted by Crippen LogP contribution is -2.54. The van der Waals surface area contributed by atoms with E-state index in [1.807, 2.05) is 76.2 Å². The zero-order valence-electron chi connectivity index (χ0n) is 21.0. The van der Waals surface area contributed by atoms with E-state index in [1.54, 1.807) is 20.5 Å². The number of hydrogen-bond acceptors (Lipinski definition) is 5. The fourth-order valence-corrected chi connectivity index (χ4v) is 4.85. The number of carbonyl (C=O) groups is 1. The first-order chi connectivity index (χ1) is 17.7. The van der Waals surface area contributed by atoms with Crippen molar-refractivity contribution in [1.29, 1.82) is 0 Å². The van der Waals surface area contributed by atoms with Crippen molar-refractivity contribution in [3.05, 3.63) is 96.4 Å². The SMILES string of the molecule is COc1cccc(-n2cnc(C(=O)N3CCNC[C@H]3Cc3ccccc3)c2-c2ccccc2)c1OC.Cl. The number of nitrogens with zero attached hydrogens (tertiary/aromatic N) is 3. The van der Waals surface area contributed by atoms with Crippen molar-refractivity contribution in [1.82, 2.24) is 19.8 Å². The van der Waals surface area contributed by atoms with Crippen LogP contribution < -0.4 is 14.8 Å². The molecule has 192 valence electrons. The van der Waals surface area contributed by atoms with Gasteiger partial charge in [-0.05, 0) is 24.1 Å². The molecule has 5 rings (SSSR count). The van der Waals surface area contributed by atoms with Crippen LogP contribution in [-0.2, 0) is 6.42 Å². The zero-order valence-corrected chi connectivity index (χ0v) is 21.8. The molecule has 0 radical (unpaired) electrons. The minimum atomic E-state index is -0.0723. The molecule has 1 N–H and O–H groups in total. The van der Waals surface area contributed by atoms with E-state index >= 15 is 0 Å². The summed E-state index contributed by atoms with van der Waals surface area (Å²) in [6, 6.07) is 25.9. The van der Waals surface area contributed by atoms with Gasteiger partial charge in [-0.1, -0.05) is 66.7 Å². The summed E-state index contributed by atoms with van der Waals surface area (Å²) in [7, 11) is 3.22. The molecule has 1 aliphatic heterocycles. The Hall–Kier alpha value is -3.81. The highest BCUT2D eigenvalue weighted by molar-refractivity contribution is 5.99. The number of piperazine rings is 1. The van der Waals surface area contributed by atoms with E-state index in [1.165, 1.54) is 5.56 Å². The second kappa shape index (κ2) is 12.0. The predicted molar refractivity (Wildman–Crippen MR) is 147 cm³/mol. The first-order valence-corrected chi connectivity index (χ1v) is 12.1. The van der Waals surface area contributed by atoms with Gasteiger partial charge >= 0.3 is 0 Å². The minimum absolute atomic E-state index is 0. The highest BCUT2D eigenvalue weighted by Crippen LogP contribution is 2.37. The van der Waals surface area contributed by atoms with Crippen LogP contribution in [0.15, 0.2) is 85.2 Å². The van der Waals surface area contributed by atoms with E-state index < -0.39 is 0 Å². The minimum Gasteiger partial charge on any atom is -0.493 e. The summed E-state index contributed by atoms with van der Waals surface area (Å²) in [4.78, 5) is 20.7. The van der Waals surface area contributed by atoms with E-state index in [0.29, 0.717) is 23.7 Å². The molecule has 0 aliphatic carbocycles. The Bertz CT molecular complexity index is 1330. The van der Waals surface area contributed by atoms with E-state index in [-0.39, 0.29) is 24.4 Å². The number of imidazole rings is 1. The van der Waals surface area contributed by atoms with Crippen molar-refractivity contribution >= 4 is 18.3 Å². The van der Waals surface area contributed by atoms with Crippen molar-refractivity contribution in [2.45, 2.75) is 12.5 Å². The standard InChI is InChI=1S/C29H30N4O3.ClH/c1-35-25-15-9-14-24(28(25)36-2)33-20-31-26(27(33)22-12-7-4-8-13-22)29(34)32-17-16-30-19-23(32)18-21-10-5-3-6-11-21;/h3-15,20,23,30H,16-19H2,1-2H3;1H/t23-;/m1./s1. The Morgan fingerprint density at radius 2 is 1.70 bits per heavy atom. The fraction of sp³-hybridized carbons (Fsp3) is 0.241. The molecule has 1 atom stereocenters. The van der Waals surface area contributed by atoms with E-state index in [0.717, 1.165) is 36.5 Å². The molecule has 0 unspecified atom stereocenters. The van der Waals surface area contributed by atoms with Crippen LogP contribution in [0.1, 0.15) is 16.1 Å². The van der Waals surface area contributed by atoms with E-state index in [2.05, 4.69) is 22.4 Å². The molecule has 1 aliphatic rings. The first-order valence-electron chi connectivity index (χ1n) is 12.1. The summed E-state index contributed by atoms with van der Waals surface area (Å²) < 4.78 is 13.1. The van der Waals surface area contributed by atoms with Crippen LogP contribution >= 0.6 is 12.4 Å². The summed E-state index contributed by atoms with van der Waals surface area (Å²) in [6.45, 7) is 2.12. The zero-order chi connectivity index (χ0) is 24.9. The molecule has 1 fully saturated rings. The van der Waals surface area contributed by atoms with Crippen LogP contribution in [0.5, 0.6) is 11.5 Å². The Balaban J connectivity index is 0.00000320. The van der Waals surface area contributed by atoms with Crippen LogP contribution in [0.2, 0.25) is 0 Å². The van der Waals surface area contributed by atoms with Gasteiger partial charge in [0.15, 0.2) is 17.2 Å². The summed E-state index contributed by atoms with van der Waals surface area (Å²) in [5, 5.41) is 3.45. The van der Waals surface area contributed by atoms with Crippen LogP contribution in [-0.4, -0.2) is 60.3 Å². The van der Waals surface area contributed by atoms with Gasteiger partial charge in [0.2, 0.25) is 0 Å². The third kappa shape index (κ3) is 5.33. The number of rotatable bonds is 7. The molecule has 8 heteroatoms. The predicted octanol–water partition coefficient (Wildman–Crippen LogP) is 4.64. The molecule has 37 heavy (non-hydrogen) atoms. The van der Waals surface area contributed by atoms with Gasteiger partial charge in [-0.25, -0.2) is 4.98 Å². The number of nitrogens with one attached hydrogen (secondary N) is 1. The fourth-order valence-electron chi connectivity index (χ4n) is 4.85. The lowest BCUT2D eigenvalue weighted by molar-refractivity contribution is 0.0631. The van der Waals surface area contributed by atoms with E-state index in [4.69, 9.17) is 9.47 Å². The van der Waals surface area contributed by atoms with Crippen molar-refractivity contribution in [2.75, 3.05) is 33.9 Å². The van der Waals surface area contributed by atoms with Gasteiger partial charge in [-0.2, -0.15) is 0 Å². The number of benzene rings is 3. The van der Waals surface area contributed by atoms with Crippen LogP contribution in [0.3, 0.4) is 0 Å². The molecule has 4 aromatic rings. The van der Waals surface area contributed by atoms with Crippen molar-refractivity contribution in [3.63, 3.8) is 0 Å². The maximum atomic E-state index is 14.1. The molecule has 1 aromatic heterocycles. The van der Waals surface area contributed by atoms with Gasteiger partial charge < -0.3 is 19.7 Å². The number of carbonyl (C=O) groups excluding carboxylic acids is 1. The van der Waals surface area contributed by atoms with Crippen molar-refractivity contribution in [2.24, 2.45) is 0 Å². The Morgan fingerprint density at radius 3 is 2.41 bits per heavy atom. The molecule has 2 heterocycles. The monoisotopic (exact) mass is 518 g/mol. The lowest BCUT2D eigenvalue weighted by atomic mass is 10.0. The van der Waals surface area contributed by atoms with Gasteiger partial charge in [-0.15, -0.1) is 12.4 Å². The average molecular weight is 519 g/mol. The van der Waals surface area contributed by atoms with Gasteiger partial charge in [0.1, 0.15) is 6.33 Å². The molecular formula is C29H31ClN4O3. The third-order valence-electron chi connectivity index (χ3n) is 6.58. The number of methoxy groups -OCH3 is 2. The van der Waals surface area contributed by atoms with Crippen LogP contribution in [0, 0.1) is 0 Å². The molecule has 0 saturated carbocycles. The summed E-state index contributed by atoms with van der Waals surface area (Å²) >= 11 is 0. The summed E-state index contributed by atoms with van der Waals surface area (Å²) in [5.74, 6) is 1.12. The van der Waals surface area contributed by atoms with Crippen molar-refractivity contribution < 1.29 is 14.3 Å². The largest absolute Gasteiger partial charge is 0.493 e. The molecule has 7 nitrogen and oxygen atoms in total. The Kier molecular flexibility index (Phi) is 8.48. The molecule has 3 aromatic carbocycles. The van der Waals surface area contributed by atoms with Crippen LogP contribution in [0.25, 0.3) is 16.9 Å². The number of hydrogen-bond donors (Lipinski definition) is 1. The quantitative estimate of drug-likeness (QED) is 0.386. The lowest BCUT2D eigenvalue weighted by Gasteiger charge is -2.36. The van der Waals surface area contributed by atoms with Gasteiger partial charge in [-0.3, -0.25) is 9.36 Å². The van der Waals surface area contributed by atoms with Gasteiger partial charge in [0, 0.05) is 31.2 Å². The second-order valence-corrected chi connectivity index (χ2v) is 8.74. The second-order valence-electron chi connectivity index (χ2n) is 8.74. The third-order valence-corrected chi connectivity index (χ3v) is 6.58. The highest BCUT2D eigenvalue weighted by atomic mass is 35.5. The topological polar surface area (TPSA) is 68.6 Å².